The molecule has 0 saturated heterocycles. The van der Waals surface area contributed by atoms with Gasteiger partial charge in [0, 0.05) is 29.0 Å². The molecule has 160 valence electrons. The Hall–Kier alpha value is -3.60. The van der Waals surface area contributed by atoms with Crippen molar-refractivity contribution < 1.29 is 9.59 Å². The summed E-state index contributed by atoms with van der Waals surface area (Å²) in [6.45, 7) is 6.42. The Balaban J connectivity index is 1.53. The molecule has 0 aliphatic heterocycles. The summed E-state index contributed by atoms with van der Waals surface area (Å²) in [5.74, 6) is -0.253. The highest BCUT2D eigenvalue weighted by Gasteiger charge is 2.14. The third-order valence-electron chi connectivity index (χ3n) is 5.12. The second kappa shape index (κ2) is 9.47. The average Bonchev–Trinajstić information content (AvgIpc) is 2.74. The van der Waals surface area contributed by atoms with Gasteiger partial charge in [-0.3, -0.25) is 9.59 Å². The van der Waals surface area contributed by atoms with Gasteiger partial charge in [-0.2, -0.15) is 0 Å². The number of nitrogens with one attached hydrogen (secondary N) is 2. The second-order valence-corrected chi connectivity index (χ2v) is 8.61. The van der Waals surface area contributed by atoms with Gasteiger partial charge in [-0.1, -0.05) is 51.1 Å². The Labute approximate surface area is 183 Å². The van der Waals surface area contributed by atoms with Crippen molar-refractivity contribution in [1.82, 2.24) is 0 Å². The maximum atomic E-state index is 12.5. The molecule has 0 spiro atoms. The van der Waals surface area contributed by atoms with E-state index in [4.69, 9.17) is 5.73 Å². The Morgan fingerprint density at radius 1 is 0.806 bits per heavy atom. The molecular formula is C26H29N3O2. The van der Waals surface area contributed by atoms with Crippen LogP contribution in [0.1, 0.15) is 48.7 Å². The van der Waals surface area contributed by atoms with E-state index < -0.39 is 0 Å². The van der Waals surface area contributed by atoms with Crippen molar-refractivity contribution in [1.29, 1.82) is 0 Å². The molecule has 2 amide bonds. The van der Waals surface area contributed by atoms with Crippen LogP contribution in [0.5, 0.6) is 0 Å². The first-order chi connectivity index (χ1) is 14.7. The van der Waals surface area contributed by atoms with Crippen LogP contribution in [0.3, 0.4) is 0 Å². The van der Waals surface area contributed by atoms with Crippen LogP contribution in [-0.2, 0) is 16.6 Å². The van der Waals surface area contributed by atoms with Crippen LogP contribution in [0.25, 0.3) is 0 Å². The zero-order chi connectivity index (χ0) is 22.4. The zero-order valence-corrected chi connectivity index (χ0v) is 18.2. The van der Waals surface area contributed by atoms with Gasteiger partial charge in [-0.25, -0.2) is 0 Å². The summed E-state index contributed by atoms with van der Waals surface area (Å²) >= 11 is 0. The first-order valence-corrected chi connectivity index (χ1v) is 10.4. The summed E-state index contributed by atoms with van der Waals surface area (Å²) in [6.07, 6.45) is 0.928. The zero-order valence-electron chi connectivity index (χ0n) is 18.2. The number of para-hydroxylation sites is 1. The molecule has 5 heteroatoms. The molecule has 4 N–H and O–H groups in total. The van der Waals surface area contributed by atoms with E-state index in [1.165, 1.54) is 5.56 Å². The van der Waals surface area contributed by atoms with E-state index in [-0.39, 0.29) is 17.2 Å². The van der Waals surface area contributed by atoms with Crippen molar-refractivity contribution in [3.63, 3.8) is 0 Å². The van der Waals surface area contributed by atoms with Gasteiger partial charge in [0.1, 0.15) is 0 Å². The molecule has 0 bridgehead atoms. The monoisotopic (exact) mass is 415 g/mol. The lowest BCUT2D eigenvalue weighted by molar-refractivity contribution is -0.116. The van der Waals surface area contributed by atoms with Gasteiger partial charge in [-0.05, 0) is 65.4 Å². The minimum atomic E-state index is -0.169. The molecule has 0 radical (unpaired) electrons. The number of carbonyl (C=O) groups is 2. The number of amides is 2. The molecule has 3 aromatic carbocycles. The highest BCUT2D eigenvalue weighted by atomic mass is 16.2. The van der Waals surface area contributed by atoms with Crippen LogP contribution >= 0.6 is 0 Å². The first-order valence-electron chi connectivity index (χ1n) is 10.4. The Bertz CT molecular complexity index is 1050. The van der Waals surface area contributed by atoms with Gasteiger partial charge >= 0.3 is 0 Å². The second-order valence-electron chi connectivity index (χ2n) is 8.61. The average molecular weight is 416 g/mol. The molecule has 3 rings (SSSR count). The topological polar surface area (TPSA) is 84.2 Å². The standard InChI is InChI=1S/C26H29N3O2/c1-26(2,3)20-11-8-19(9-12-20)25(31)29-22-15-13-21(14-16-22)28-24(30)17-10-18-6-4-5-7-23(18)27/h4-9,11-16H,10,17,27H2,1-3H3,(H,28,30)(H,29,31). The van der Waals surface area contributed by atoms with Gasteiger partial charge in [-0.15, -0.1) is 0 Å². The normalized spacial score (nSPS) is 11.1. The highest BCUT2D eigenvalue weighted by molar-refractivity contribution is 6.04. The summed E-state index contributed by atoms with van der Waals surface area (Å²) in [5.41, 5.74) is 10.8. The van der Waals surface area contributed by atoms with Gasteiger partial charge < -0.3 is 16.4 Å². The Morgan fingerprint density at radius 3 is 1.97 bits per heavy atom. The maximum absolute atomic E-state index is 12.5. The predicted octanol–water partition coefficient (Wildman–Crippen LogP) is 5.39. The van der Waals surface area contributed by atoms with Crippen LogP contribution in [0.15, 0.2) is 72.8 Å². The molecule has 0 atom stereocenters. The van der Waals surface area contributed by atoms with E-state index in [9.17, 15) is 9.59 Å². The maximum Gasteiger partial charge on any atom is 0.255 e. The lowest BCUT2D eigenvalue weighted by Crippen LogP contribution is -2.15. The molecule has 0 saturated carbocycles. The molecule has 3 aromatic rings. The molecule has 0 aromatic heterocycles. The lowest BCUT2D eigenvalue weighted by Gasteiger charge is -2.19. The number of rotatable bonds is 6. The highest BCUT2D eigenvalue weighted by Crippen LogP contribution is 2.23. The molecule has 0 aliphatic carbocycles. The third-order valence-corrected chi connectivity index (χ3v) is 5.12. The fourth-order valence-electron chi connectivity index (χ4n) is 3.20. The van der Waals surface area contributed by atoms with Gasteiger partial charge in [0.15, 0.2) is 0 Å². The number of carbonyl (C=O) groups excluding carboxylic acids is 2. The molecule has 5 nitrogen and oxygen atoms in total. The number of nitrogens with two attached hydrogens (primary N) is 1. The van der Waals surface area contributed by atoms with E-state index in [0.29, 0.717) is 35.5 Å². The van der Waals surface area contributed by atoms with E-state index >= 15 is 0 Å². The molecule has 0 aliphatic rings. The Kier molecular flexibility index (Phi) is 6.75. The van der Waals surface area contributed by atoms with Crippen molar-refractivity contribution in [3.8, 4) is 0 Å². The predicted molar refractivity (Wildman–Crippen MR) is 127 cm³/mol. The van der Waals surface area contributed by atoms with Gasteiger partial charge in [0.05, 0.1) is 0 Å². The lowest BCUT2D eigenvalue weighted by atomic mass is 9.87. The van der Waals surface area contributed by atoms with Gasteiger partial charge in [0.25, 0.3) is 5.91 Å². The number of hydrogen-bond acceptors (Lipinski definition) is 3. The minimum Gasteiger partial charge on any atom is -0.399 e. The first kappa shape index (κ1) is 22.1. The smallest absolute Gasteiger partial charge is 0.255 e. The van der Waals surface area contributed by atoms with E-state index in [1.54, 1.807) is 24.3 Å². The van der Waals surface area contributed by atoms with Crippen LogP contribution in [0.4, 0.5) is 17.1 Å². The van der Waals surface area contributed by atoms with Crippen molar-refractivity contribution in [2.24, 2.45) is 0 Å². The molecule has 0 fully saturated rings. The molecule has 0 unspecified atom stereocenters. The van der Waals surface area contributed by atoms with Crippen molar-refractivity contribution in [2.75, 3.05) is 16.4 Å². The summed E-state index contributed by atoms with van der Waals surface area (Å²) in [6, 6.07) is 22.3. The summed E-state index contributed by atoms with van der Waals surface area (Å²) in [5, 5.41) is 5.76. The van der Waals surface area contributed by atoms with E-state index in [2.05, 4.69) is 31.4 Å². The van der Waals surface area contributed by atoms with Crippen molar-refractivity contribution in [2.45, 2.75) is 39.0 Å². The van der Waals surface area contributed by atoms with Crippen molar-refractivity contribution in [3.05, 3.63) is 89.5 Å². The van der Waals surface area contributed by atoms with Crippen LogP contribution < -0.4 is 16.4 Å². The largest absolute Gasteiger partial charge is 0.399 e. The number of hydrogen-bond donors (Lipinski definition) is 3. The number of anilines is 3. The number of benzene rings is 3. The molecule has 0 heterocycles. The summed E-state index contributed by atoms with van der Waals surface area (Å²) < 4.78 is 0. The third kappa shape index (κ3) is 6.19. The van der Waals surface area contributed by atoms with Crippen molar-refractivity contribution >= 4 is 28.9 Å². The molecular weight excluding hydrogens is 386 g/mol. The minimum absolute atomic E-state index is 0.0446. The fourth-order valence-corrected chi connectivity index (χ4v) is 3.20. The summed E-state index contributed by atoms with van der Waals surface area (Å²) in [4.78, 5) is 24.7. The molecule has 31 heavy (non-hydrogen) atoms. The quantitative estimate of drug-likeness (QED) is 0.472. The fraction of sp³-hybridized carbons (Fsp3) is 0.231. The van der Waals surface area contributed by atoms with Crippen LogP contribution in [0, 0.1) is 0 Å². The van der Waals surface area contributed by atoms with Crippen LogP contribution in [-0.4, -0.2) is 11.8 Å². The SMILES string of the molecule is CC(C)(C)c1ccc(C(=O)Nc2ccc(NC(=O)CCc3ccccc3N)cc2)cc1. The number of nitrogen functional groups attached to an aromatic ring is 1. The van der Waals surface area contributed by atoms with E-state index in [1.807, 2.05) is 48.5 Å². The summed E-state index contributed by atoms with van der Waals surface area (Å²) in [7, 11) is 0. The Morgan fingerprint density at radius 2 is 1.39 bits per heavy atom. The van der Waals surface area contributed by atoms with E-state index in [0.717, 1.165) is 5.56 Å². The van der Waals surface area contributed by atoms with Crippen LogP contribution in [0.2, 0.25) is 0 Å². The number of aryl methyl sites for hydroxylation is 1. The van der Waals surface area contributed by atoms with Gasteiger partial charge in [0.2, 0.25) is 5.91 Å².